The van der Waals surface area contributed by atoms with E-state index in [1.54, 1.807) is 0 Å². The minimum atomic E-state index is 0.276. The van der Waals surface area contributed by atoms with Gasteiger partial charge in [-0.05, 0) is 6.42 Å². The van der Waals surface area contributed by atoms with Crippen molar-refractivity contribution in [1.82, 2.24) is 10.2 Å². The van der Waals surface area contributed by atoms with Gasteiger partial charge in [0.15, 0.2) is 0 Å². The highest BCUT2D eigenvalue weighted by Gasteiger charge is 2.31. The Hall–Kier alpha value is 0.130. The number of hydrogen-bond donors (Lipinski definition) is 1. The Bertz CT molecular complexity index is 231. The van der Waals surface area contributed by atoms with E-state index in [2.05, 4.69) is 12.2 Å². The molecule has 2 heterocycles. The summed E-state index contributed by atoms with van der Waals surface area (Å²) >= 11 is 4.04. The van der Waals surface area contributed by atoms with Gasteiger partial charge in [-0.2, -0.15) is 23.5 Å². The number of rotatable bonds is 3. The number of nitrogens with zero attached hydrogens (tertiary/aromatic N) is 1. The molecule has 0 bridgehead atoms. The molecular weight excluding hydrogens is 228 g/mol. The van der Waals surface area contributed by atoms with Gasteiger partial charge in [0.05, 0.1) is 12.7 Å². The average Bonchev–Trinajstić information content (AvgIpc) is 2.62. The lowest BCUT2D eigenvalue weighted by Gasteiger charge is -2.29. The Labute approximate surface area is 99.7 Å². The zero-order valence-electron chi connectivity index (χ0n) is 9.07. The molecule has 0 aromatic rings. The Morgan fingerprint density at radius 2 is 2.40 bits per heavy atom. The molecule has 2 atom stereocenters. The van der Waals surface area contributed by atoms with Crippen molar-refractivity contribution >= 4 is 29.4 Å². The van der Waals surface area contributed by atoms with Crippen molar-refractivity contribution in [2.45, 2.75) is 24.8 Å². The predicted octanol–water partition coefficient (Wildman–Crippen LogP) is 1.00. The van der Waals surface area contributed by atoms with Gasteiger partial charge in [-0.15, -0.1) is 0 Å². The van der Waals surface area contributed by atoms with Gasteiger partial charge in [0.25, 0.3) is 0 Å². The summed E-state index contributed by atoms with van der Waals surface area (Å²) in [5, 5.41) is 3.90. The van der Waals surface area contributed by atoms with Crippen molar-refractivity contribution in [3.8, 4) is 0 Å². The van der Waals surface area contributed by atoms with Crippen LogP contribution in [0.4, 0.5) is 0 Å². The first kappa shape index (κ1) is 11.6. The van der Waals surface area contributed by atoms with Crippen molar-refractivity contribution in [1.29, 1.82) is 0 Å². The number of carbonyl (C=O) groups excluding carboxylic acids is 1. The van der Waals surface area contributed by atoms with Crippen molar-refractivity contribution < 1.29 is 4.79 Å². The van der Waals surface area contributed by atoms with Crippen LogP contribution in [-0.4, -0.2) is 52.6 Å². The SMILES string of the molecule is CCC1NCC(=O)N1CC1CSCCS1. The van der Waals surface area contributed by atoms with Crippen LogP contribution in [0.15, 0.2) is 0 Å². The first-order valence-corrected chi connectivity index (χ1v) is 7.73. The van der Waals surface area contributed by atoms with Crippen LogP contribution < -0.4 is 5.32 Å². The molecule has 2 aliphatic rings. The first-order valence-electron chi connectivity index (χ1n) is 5.53. The topological polar surface area (TPSA) is 32.3 Å². The standard InChI is InChI=1S/C10H18N2OS2/c1-2-9-11-5-10(13)12(9)6-8-7-14-3-4-15-8/h8-9,11H,2-7H2,1H3. The van der Waals surface area contributed by atoms with Crippen LogP contribution in [0.1, 0.15) is 13.3 Å². The van der Waals surface area contributed by atoms with E-state index in [0.717, 1.165) is 13.0 Å². The molecule has 0 radical (unpaired) electrons. The van der Waals surface area contributed by atoms with Gasteiger partial charge < -0.3 is 4.90 Å². The largest absolute Gasteiger partial charge is 0.325 e. The fourth-order valence-corrected chi connectivity index (χ4v) is 4.71. The minimum absolute atomic E-state index is 0.276. The fourth-order valence-electron chi connectivity index (χ4n) is 2.05. The van der Waals surface area contributed by atoms with E-state index >= 15 is 0 Å². The molecule has 15 heavy (non-hydrogen) atoms. The highest BCUT2D eigenvalue weighted by atomic mass is 32.2. The van der Waals surface area contributed by atoms with Gasteiger partial charge in [-0.3, -0.25) is 10.1 Å². The van der Waals surface area contributed by atoms with Crippen LogP contribution >= 0.6 is 23.5 Å². The Balaban J connectivity index is 1.88. The zero-order chi connectivity index (χ0) is 10.7. The summed E-state index contributed by atoms with van der Waals surface area (Å²) in [5.41, 5.74) is 0. The molecule has 2 rings (SSSR count). The van der Waals surface area contributed by atoms with E-state index in [-0.39, 0.29) is 12.1 Å². The average molecular weight is 246 g/mol. The second kappa shape index (κ2) is 5.46. The monoisotopic (exact) mass is 246 g/mol. The molecule has 2 fully saturated rings. The lowest BCUT2D eigenvalue weighted by molar-refractivity contribution is -0.127. The van der Waals surface area contributed by atoms with E-state index in [9.17, 15) is 4.79 Å². The molecule has 1 N–H and O–H groups in total. The lowest BCUT2D eigenvalue weighted by Crippen LogP contribution is -2.42. The fraction of sp³-hybridized carbons (Fsp3) is 0.900. The molecule has 0 spiro atoms. The van der Waals surface area contributed by atoms with E-state index in [4.69, 9.17) is 0 Å². The molecule has 3 nitrogen and oxygen atoms in total. The number of amides is 1. The van der Waals surface area contributed by atoms with Crippen LogP contribution in [0.25, 0.3) is 0 Å². The summed E-state index contributed by atoms with van der Waals surface area (Å²) in [6.45, 7) is 3.59. The van der Waals surface area contributed by atoms with E-state index < -0.39 is 0 Å². The highest BCUT2D eigenvalue weighted by molar-refractivity contribution is 8.06. The van der Waals surface area contributed by atoms with Crippen molar-refractivity contribution in [2.24, 2.45) is 0 Å². The van der Waals surface area contributed by atoms with Gasteiger partial charge in [0.2, 0.25) is 5.91 Å². The van der Waals surface area contributed by atoms with Crippen LogP contribution in [0, 0.1) is 0 Å². The van der Waals surface area contributed by atoms with Crippen molar-refractivity contribution in [3.05, 3.63) is 0 Å². The van der Waals surface area contributed by atoms with Gasteiger partial charge in [-0.1, -0.05) is 6.92 Å². The van der Waals surface area contributed by atoms with Crippen molar-refractivity contribution in [2.75, 3.05) is 30.3 Å². The number of carbonyl (C=O) groups is 1. The molecule has 0 aromatic carbocycles. The maximum atomic E-state index is 11.7. The highest BCUT2D eigenvalue weighted by Crippen LogP contribution is 2.25. The summed E-state index contributed by atoms with van der Waals surface area (Å²) in [4.78, 5) is 13.7. The molecule has 86 valence electrons. The normalized spacial score (nSPS) is 32.3. The lowest BCUT2D eigenvalue weighted by atomic mass is 10.3. The van der Waals surface area contributed by atoms with Crippen LogP contribution in [0.2, 0.25) is 0 Å². The summed E-state index contributed by atoms with van der Waals surface area (Å²) in [7, 11) is 0. The second-order valence-corrected chi connectivity index (χ2v) is 6.48. The number of hydrogen-bond acceptors (Lipinski definition) is 4. The molecular formula is C10H18N2OS2. The maximum Gasteiger partial charge on any atom is 0.237 e. The van der Waals surface area contributed by atoms with Gasteiger partial charge in [-0.25, -0.2) is 0 Å². The molecule has 0 aliphatic carbocycles. The van der Waals surface area contributed by atoms with Crippen molar-refractivity contribution in [3.63, 3.8) is 0 Å². The molecule has 0 aromatic heterocycles. The van der Waals surface area contributed by atoms with Crippen LogP contribution in [-0.2, 0) is 4.79 Å². The van der Waals surface area contributed by atoms with Gasteiger partial charge >= 0.3 is 0 Å². The minimum Gasteiger partial charge on any atom is -0.325 e. The molecule has 2 aliphatic heterocycles. The van der Waals surface area contributed by atoms with E-state index in [1.807, 2.05) is 28.4 Å². The maximum absolute atomic E-state index is 11.7. The molecule has 0 saturated carbocycles. The van der Waals surface area contributed by atoms with E-state index in [1.165, 1.54) is 17.3 Å². The Morgan fingerprint density at radius 3 is 3.07 bits per heavy atom. The smallest absolute Gasteiger partial charge is 0.237 e. The molecule has 1 amide bonds. The third-order valence-corrected chi connectivity index (χ3v) is 5.68. The molecule has 5 heteroatoms. The van der Waals surface area contributed by atoms with Crippen LogP contribution in [0.3, 0.4) is 0 Å². The molecule has 2 unspecified atom stereocenters. The quantitative estimate of drug-likeness (QED) is 0.805. The summed E-state index contributed by atoms with van der Waals surface area (Å²) in [6, 6.07) is 0. The summed E-state index contributed by atoms with van der Waals surface area (Å²) in [5.74, 6) is 3.98. The van der Waals surface area contributed by atoms with Gasteiger partial charge in [0.1, 0.15) is 0 Å². The Kier molecular flexibility index (Phi) is 4.22. The third kappa shape index (κ3) is 2.82. The summed E-state index contributed by atoms with van der Waals surface area (Å²) < 4.78 is 0. The predicted molar refractivity (Wildman–Crippen MR) is 67.4 cm³/mol. The molecule has 2 saturated heterocycles. The summed E-state index contributed by atoms with van der Waals surface area (Å²) in [6.07, 6.45) is 1.29. The van der Waals surface area contributed by atoms with E-state index in [0.29, 0.717) is 11.8 Å². The van der Waals surface area contributed by atoms with Gasteiger partial charge in [0, 0.05) is 29.1 Å². The first-order chi connectivity index (χ1) is 7.31. The number of nitrogens with one attached hydrogen (secondary N) is 1. The second-order valence-electron chi connectivity index (χ2n) is 3.92. The third-order valence-electron chi connectivity index (χ3n) is 2.86. The Morgan fingerprint density at radius 1 is 1.53 bits per heavy atom. The number of thioether (sulfide) groups is 2. The zero-order valence-corrected chi connectivity index (χ0v) is 10.7. The van der Waals surface area contributed by atoms with Crippen LogP contribution in [0.5, 0.6) is 0 Å².